The molecule has 0 bridgehead atoms. The highest BCUT2D eigenvalue weighted by molar-refractivity contribution is 5.65. The van der Waals surface area contributed by atoms with Crippen LogP contribution in [0.15, 0.2) is 48.5 Å². The Hall–Kier alpha value is -2.20. The maximum absolute atomic E-state index is 5.99. The molecule has 4 heteroatoms. The molecule has 110 valence electrons. The summed E-state index contributed by atoms with van der Waals surface area (Å²) in [6, 6.07) is 16.0. The highest BCUT2D eigenvalue weighted by Gasteiger charge is 2.16. The minimum absolute atomic E-state index is 0.558. The topological polar surface area (TPSA) is 47.7 Å². The van der Waals surface area contributed by atoms with Crippen LogP contribution in [-0.2, 0) is 11.3 Å². The van der Waals surface area contributed by atoms with Crippen LogP contribution in [0.3, 0.4) is 0 Å². The van der Waals surface area contributed by atoms with Crippen molar-refractivity contribution < 1.29 is 9.47 Å². The fraction of sp³-hybridized carbons (Fsp3) is 0.294. The molecule has 1 aliphatic heterocycles. The van der Waals surface area contributed by atoms with Gasteiger partial charge in [-0.25, -0.2) is 0 Å². The van der Waals surface area contributed by atoms with E-state index in [1.54, 1.807) is 0 Å². The molecule has 1 fully saturated rings. The monoisotopic (exact) mass is 284 g/mol. The Morgan fingerprint density at radius 3 is 2.57 bits per heavy atom. The van der Waals surface area contributed by atoms with Gasteiger partial charge >= 0.3 is 0 Å². The number of ether oxygens (including phenoxy) is 2. The molecule has 0 saturated carbocycles. The first-order valence-corrected chi connectivity index (χ1v) is 7.22. The molecule has 1 saturated heterocycles. The number of anilines is 2. The molecular weight excluding hydrogens is 264 g/mol. The molecule has 0 aromatic heterocycles. The summed E-state index contributed by atoms with van der Waals surface area (Å²) < 4.78 is 11.4. The van der Waals surface area contributed by atoms with Crippen LogP contribution in [0.25, 0.3) is 0 Å². The summed E-state index contributed by atoms with van der Waals surface area (Å²) in [6.45, 7) is 3.78. The summed E-state index contributed by atoms with van der Waals surface area (Å²) >= 11 is 0. The Morgan fingerprint density at radius 2 is 1.81 bits per heavy atom. The largest absolute Gasteiger partial charge is 0.487 e. The van der Waals surface area contributed by atoms with Gasteiger partial charge in [-0.05, 0) is 23.8 Å². The summed E-state index contributed by atoms with van der Waals surface area (Å²) in [4.78, 5) is 2.26. The lowest BCUT2D eigenvalue weighted by atomic mass is 10.2. The molecule has 2 N–H and O–H groups in total. The second kappa shape index (κ2) is 6.50. The van der Waals surface area contributed by atoms with Gasteiger partial charge in [0, 0.05) is 18.8 Å². The van der Waals surface area contributed by atoms with Crippen molar-refractivity contribution in [2.75, 3.05) is 36.9 Å². The first-order valence-electron chi connectivity index (χ1n) is 7.22. The number of hydrogen-bond acceptors (Lipinski definition) is 4. The fourth-order valence-corrected chi connectivity index (χ4v) is 2.44. The van der Waals surface area contributed by atoms with E-state index in [-0.39, 0.29) is 0 Å². The van der Waals surface area contributed by atoms with E-state index in [0.717, 1.165) is 49.0 Å². The van der Waals surface area contributed by atoms with E-state index in [9.17, 15) is 0 Å². The predicted octanol–water partition coefficient (Wildman–Crippen LogP) is 2.68. The molecule has 1 aliphatic rings. The second-order valence-corrected chi connectivity index (χ2v) is 5.10. The van der Waals surface area contributed by atoms with Crippen molar-refractivity contribution in [1.82, 2.24) is 0 Å². The maximum Gasteiger partial charge on any atom is 0.143 e. The minimum atomic E-state index is 0.558. The van der Waals surface area contributed by atoms with E-state index in [4.69, 9.17) is 15.2 Å². The van der Waals surface area contributed by atoms with Crippen molar-refractivity contribution >= 4 is 11.4 Å². The van der Waals surface area contributed by atoms with Crippen molar-refractivity contribution in [2.45, 2.75) is 6.61 Å². The lowest BCUT2D eigenvalue weighted by Crippen LogP contribution is -2.36. The third-order valence-corrected chi connectivity index (χ3v) is 3.57. The highest BCUT2D eigenvalue weighted by atomic mass is 16.5. The Kier molecular flexibility index (Phi) is 4.26. The maximum atomic E-state index is 5.99. The number of nitrogens with two attached hydrogens (primary N) is 1. The van der Waals surface area contributed by atoms with E-state index in [2.05, 4.69) is 17.0 Å². The third-order valence-electron chi connectivity index (χ3n) is 3.57. The van der Waals surface area contributed by atoms with E-state index in [0.29, 0.717) is 6.61 Å². The van der Waals surface area contributed by atoms with Gasteiger partial charge in [0.25, 0.3) is 0 Å². The van der Waals surface area contributed by atoms with Crippen molar-refractivity contribution in [3.05, 3.63) is 54.1 Å². The van der Waals surface area contributed by atoms with Crippen LogP contribution in [0, 0.1) is 0 Å². The van der Waals surface area contributed by atoms with Crippen molar-refractivity contribution in [2.24, 2.45) is 0 Å². The second-order valence-electron chi connectivity index (χ2n) is 5.10. The van der Waals surface area contributed by atoms with Gasteiger partial charge < -0.3 is 20.1 Å². The number of rotatable bonds is 4. The molecule has 1 heterocycles. The van der Waals surface area contributed by atoms with Gasteiger partial charge in [0.1, 0.15) is 12.4 Å². The molecule has 0 spiro atoms. The normalized spacial score (nSPS) is 15.0. The molecule has 0 amide bonds. The molecular formula is C17H20N2O2. The Labute approximate surface area is 125 Å². The standard InChI is InChI=1S/C17H20N2O2/c18-15-6-7-17(21-13-14-4-2-1-3-5-14)16(12-15)19-8-10-20-11-9-19/h1-7,12H,8-11,13,18H2. The number of morpholine rings is 1. The first-order chi connectivity index (χ1) is 10.3. The van der Waals surface area contributed by atoms with Gasteiger partial charge in [-0.2, -0.15) is 0 Å². The van der Waals surface area contributed by atoms with Crippen LogP contribution in [-0.4, -0.2) is 26.3 Å². The smallest absolute Gasteiger partial charge is 0.143 e. The summed E-state index contributed by atoms with van der Waals surface area (Å²) in [5.74, 6) is 0.870. The molecule has 21 heavy (non-hydrogen) atoms. The van der Waals surface area contributed by atoms with Crippen LogP contribution in [0.4, 0.5) is 11.4 Å². The van der Waals surface area contributed by atoms with Crippen LogP contribution >= 0.6 is 0 Å². The summed E-state index contributed by atoms with van der Waals surface area (Å²) in [5.41, 5.74) is 8.89. The van der Waals surface area contributed by atoms with Gasteiger partial charge in [-0.3, -0.25) is 0 Å². The fourth-order valence-electron chi connectivity index (χ4n) is 2.44. The predicted molar refractivity (Wildman–Crippen MR) is 84.7 cm³/mol. The number of nitrogen functional groups attached to an aromatic ring is 1. The third kappa shape index (κ3) is 3.47. The summed E-state index contributed by atoms with van der Waals surface area (Å²) in [7, 11) is 0. The zero-order valence-corrected chi connectivity index (χ0v) is 12.0. The molecule has 0 radical (unpaired) electrons. The molecule has 2 aromatic rings. The lowest BCUT2D eigenvalue weighted by molar-refractivity contribution is 0.122. The SMILES string of the molecule is Nc1ccc(OCc2ccccc2)c(N2CCOCC2)c1. The first kappa shape index (κ1) is 13.8. The number of nitrogens with zero attached hydrogens (tertiary/aromatic N) is 1. The Morgan fingerprint density at radius 1 is 1.05 bits per heavy atom. The van der Waals surface area contributed by atoms with Gasteiger partial charge in [0.2, 0.25) is 0 Å². The van der Waals surface area contributed by atoms with Crippen molar-refractivity contribution in [1.29, 1.82) is 0 Å². The van der Waals surface area contributed by atoms with E-state index >= 15 is 0 Å². The molecule has 0 atom stereocenters. The average molecular weight is 284 g/mol. The van der Waals surface area contributed by atoms with Gasteiger partial charge in [0.05, 0.1) is 18.9 Å². The quantitative estimate of drug-likeness (QED) is 0.877. The van der Waals surface area contributed by atoms with Crippen LogP contribution in [0.2, 0.25) is 0 Å². The zero-order valence-electron chi connectivity index (χ0n) is 12.0. The van der Waals surface area contributed by atoms with E-state index < -0.39 is 0 Å². The average Bonchev–Trinajstić information content (AvgIpc) is 2.55. The molecule has 3 rings (SSSR count). The van der Waals surface area contributed by atoms with Crippen LogP contribution in [0.5, 0.6) is 5.75 Å². The van der Waals surface area contributed by atoms with E-state index in [1.807, 2.05) is 36.4 Å². The van der Waals surface area contributed by atoms with Crippen LogP contribution < -0.4 is 15.4 Å². The van der Waals surface area contributed by atoms with Gasteiger partial charge in [0.15, 0.2) is 0 Å². The van der Waals surface area contributed by atoms with Crippen molar-refractivity contribution in [3.8, 4) is 5.75 Å². The lowest BCUT2D eigenvalue weighted by Gasteiger charge is -2.30. The Bertz CT molecular complexity index is 581. The zero-order chi connectivity index (χ0) is 14.5. The number of benzene rings is 2. The van der Waals surface area contributed by atoms with Gasteiger partial charge in [-0.1, -0.05) is 30.3 Å². The molecule has 4 nitrogen and oxygen atoms in total. The molecule has 2 aromatic carbocycles. The minimum Gasteiger partial charge on any atom is -0.487 e. The van der Waals surface area contributed by atoms with E-state index in [1.165, 1.54) is 0 Å². The number of hydrogen-bond donors (Lipinski definition) is 1. The molecule has 0 aliphatic carbocycles. The molecule has 0 unspecified atom stereocenters. The van der Waals surface area contributed by atoms with Crippen molar-refractivity contribution in [3.63, 3.8) is 0 Å². The van der Waals surface area contributed by atoms with Crippen LogP contribution in [0.1, 0.15) is 5.56 Å². The summed E-state index contributed by atoms with van der Waals surface area (Å²) in [5, 5.41) is 0. The Balaban J connectivity index is 1.77. The van der Waals surface area contributed by atoms with Gasteiger partial charge in [-0.15, -0.1) is 0 Å². The highest BCUT2D eigenvalue weighted by Crippen LogP contribution is 2.31. The summed E-state index contributed by atoms with van der Waals surface area (Å²) in [6.07, 6.45) is 0.